The lowest BCUT2D eigenvalue weighted by molar-refractivity contribution is -0.184. The zero-order valence-electron chi connectivity index (χ0n) is 93.3. The van der Waals surface area contributed by atoms with Gasteiger partial charge in [-0.1, -0.05) is 171 Å². The zero-order chi connectivity index (χ0) is 112. The molecule has 0 radical (unpaired) electrons. The number of amides is 1. The summed E-state index contributed by atoms with van der Waals surface area (Å²) in [5, 5.41) is 50.4. The molecule has 5 rings (SSSR count). The predicted octanol–water partition coefficient (Wildman–Crippen LogP) is 17.6. The summed E-state index contributed by atoms with van der Waals surface area (Å²) in [6.45, 7) is 72.6. The Hall–Kier alpha value is -8.10. The van der Waals surface area contributed by atoms with Crippen molar-refractivity contribution in [1.29, 1.82) is 0 Å². The van der Waals surface area contributed by atoms with Crippen LogP contribution in [-0.4, -0.2) is 219 Å². The number of fused-ring (bicyclic) bond motifs is 7. The molecule has 141 heavy (non-hydrogen) atoms. The summed E-state index contributed by atoms with van der Waals surface area (Å²) in [5.41, 5.74) is -2.49. The van der Waals surface area contributed by atoms with Gasteiger partial charge in [-0.05, 0) is 218 Å². The van der Waals surface area contributed by atoms with E-state index in [1.165, 1.54) is 83.6 Å². The van der Waals surface area contributed by atoms with Gasteiger partial charge in [0.05, 0.1) is 95.7 Å². The molecule has 0 aromatic rings. The van der Waals surface area contributed by atoms with Gasteiger partial charge < -0.3 is 82.7 Å². The molecule has 24 atom stereocenters. The number of aliphatic carboxylic acids is 5. The van der Waals surface area contributed by atoms with Crippen molar-refractivity contribution < 1.29 is 168 Å². The summed E-state index contributed by atoms with van der Waals surface area (Å²) in [7, 11) is -2.19. The van der Waals surface area contributed by atoms with Gasteiger partial charge in [0, 0.05) is 42.3 Å². The molecule has 5 fully saturated rings. The Morgan fingerprint density at radius 3 is 0.936 bits per heavy atom. The fourth-order valence-electron chi connectivity index (χ4n) is 14.6. The van der Waals surface area contributed by atoms with E-state index < -0.39 is 199 Å². The van der Waals surface area contributed by atoms with Crippen molar-refractivity contribution in [2.24, 2.45) is 135 Å². The summed E-state index contributed by atoms with van der Waals surface area (Å²) in [5.74, 6) is -14.2. The van der Waals surface area contributed by atoms with E-state index in [4.69, 9.17) is 73.3 Å². The summed E-state index contributed by atoms with van der Waals surface area (Å²) in [4.78, 5) is 181. The fourth-order valence-corrected chi connectivity index (χ4v) is 16.2. The number of ether oxygens (including phenoxy) is 11. The monoisotopic (exact) mass is 2060 g/mol. The molecule has 0 spiro atoms. The SMILES string of the molecule is C1CC2C3CCC(C3)C2C1.CC(C(=O)O)C(C)C(=O)NS(C)(=O)=O.CC(C(=O)O)C(C)C(=O)O.CC(C(=O)O)C(C)C(=O)OC1CC2CCC1(C)C2(C)C.CC(C(=O)OC(C)(C)C)C(C)C(=O)OC(C)(C)C.CC(C(=O)OC(C)(C)C)C(C)C(=O)SC(C)(C)C.CCO.CCOC(=O)C(C)C(C)C(=O)O.CCOC(C)OC(=O)C(C)C(C)C(=O)OC(C)(C)C.COCOC(=O)C(C)C(C)C(=O)OC(C)(C)C. The van der Waals surface area contributed by atoms with Crippen LogP contribution in [0.4, 0.5) is 0 Å². The van der Waals surface area contributed by atoms with E-state index in [2.05, 4.69) is 30.2 Å². The number of aliphatic hydroxyl groups excluding tert-OH is 1. The third kappa shape index (κ3) is 56.3. The third-order valence-electron chi connectivity index (χ3n) is 25.4. The molecule has 0 aromatic carbocycles. The van der Waals surface area contributed by atoms with E-state index in [1.807, 2.05) is 48.5 Å². The van der Waals surface area contributed by atoms with Gasteiger partial charge in [0.1, 0.15) is 34.1 Å². The number of nitrogens with one attached hydrogen (secondary N) is 1. The zero-order valence-corrected chi connectivity index (χ0v) is 94.9. The van der Waals surface area contributed by atoms with Crippen LogP contribution in [0.15, 0.2) is 0 Å². The molecule has 36 nitrogen and oxygen atoms in total. The number of sulfonamides is 1. The minimum absolute atomic E-state index is 0.0273. The first kappa shape index (κ1) is 141. The molecule has 5 aliphatic carbocycles. The smallest absolute Gasteiger partial charge is 0.311 e. The first-order valence-electron chi connectivity index (χ1n) is 49.0. The summed E-state index contributed by atoms with van der Waals surface area (Å²) >= 11 is 1.28. The predicted molar refractivity (Wildman–Crippen MR) is 535 cm³/mol. The van der Waals surface area contributed by atoms with Crippen LogP contribution in [0, 0.1) is 135 Å². The number of aliphatic hydroxyl groups is 1. The number of carboxylic acids is 5. The second-order valence-corrected chi connectivity index (χ2v) is 47.9. The summed E-state index contributed by atoms with van der Waals surface area (Å²) in [6.07, 6.45) is 12.9. The Labute approximate surface area is 846 Å². The second kappa shape index (κ2) is 63.3. The molecule has 0 saturated heterocycles. The van der Waals surface area contributed by atoms with E-state index in [9.17, 15) is 85.1 Å². The maximum absolute atomic E-state index is 12.2. The molecule has 1 amide bonds. The van der Waals surface area contributed by atoms with E-state index in [1.54, 1.807) is 223 Å². The highest BCUT2D eigenvalue weighted by Gasteiger charge is 2.63. The Morgan fingerprint density at radius 1 is 0.383 bits per heavy atom. The van der Waals surface area contributed by atoms with Gasteiger partial charge >= 0.3 is 83.6 Å². The number of carbonyl (C=O) groups excluding carboxylic acids is 11. The van der Waals surface area contributed by atoms with Crippen LogP contribution in [0.2, 0.25) is 0 Å². The highest BCUT2D eigenvalue weighted by atomic mass is 32.2. The third-order valence-corrected chi connectivity index (χ3v) is 27.2. The molecule has 5 saturated carbocycles. The van der Waals surface area contributed by atoms with Crippen molar-refractivity contribution in [2.45, 2.75) is 387 Å². The van der Waals surface area contributed by atoms with E-state index in [-0.39, 0.29) is 76.6 Å². The molecule has 5 aliphatic rings. The number of methoxy groups -OCH3 is 1. The van der Waals surface area contributed by atoms with Crippen LogP contribution in [0.5, 0.6) is 0 Å². The van der Waals surface area contributed by atoms with Crippen molar-refractivity contribution in [3.05, 3.63) is 0 Å². The lowest BCUT2D eigenvalue weighted by Crippen LogP contribution is -2.40. The quantitative estimate of drug-likeness (QED) is 0.0187. The second-order valence-electron chi connectivity index (χ2n) is 44.3. The van der Waals surface area contributed by atoms with Crippen LogP contribution >= 0.6 is 11.8 Å². The Kier molecular flexibility index (Phi) is 63.5. The Bertz CT molecular complexity index is 3880. The van der Waals surface area contributed by atoms with Crippen LogP contribution < -0.4 is 4.72 Å². The Balaban J connectivity index is -0.000000494. The van der Waals surface area contributed by atoms with Crippen LogP contribution in [-0.2, 0) is 139 Å². The number of hydrogen-bond donors (Lipinski definition) is 7. The first-order valence-corrected chi connectivity index (χ1v) is 51.7. The average molecular weight is 2060 g/mol. The minimum Gasteiger partial charge on any atom is -0.481 e. The highest BCUT2D eigenvalue weighted by molar-refractivity contribution is 8.14. The topological polar surface area (TPSA) is 542 Å². The van der Waals surface area contributed by atoms with Crippen LogP contribution in [0.25, 0.3) is 0 Å². The summed E-state index contributed by atoms with van der Waals surface area (Å²) in [6, 6.07) is 0. The van der Waals surface area contributed by atoms with Gasteiger partial charge in [-0.25, -0.2) is 8.42 Å². The molecule has 24 unspecified atom stereocenters. The van der Waals surface area contributed by atoms with Gasteiger partial charge in [0.15, 0.2) is 18.2 Å². The van der Waals surface area contributed by atoms with Crippen LogP contribution in [0.3, 0.4) is 0 Å². The van der Waals surface area contributed by atoms with E-state index in [0.717, 1.165) is 19.1 Å². The number of rotatable bonds is 32. The lowest BCUT2D eigenvalue weighted by atomic mass is 9.70. The molecular weight excluding hydrogens is 1880 g/mol. The first-order chi connectivity index (χ1) is 63.5. The van der Waals surface area contributed by atoms with Crippen molar-refractivity contribution in [3.8, 4) is 0 Å². The van der Waals surface area contributed by atoms with Gasteiger partial charge in [0.2, 0.25) is 15.9 Å². The number of esters is 9. The van der Waals surface area contributed by atoms with Crippen molar-refractivity contribution in [3.63, 3.8) is 0 Å². The number of hydrogen-bond acceptors (Lipinski definition) is 31. The lowest BCUT2D eigenvalue weighted by Gasteiger charge is -2.38. The van der Waals surface area contributed by atoms with Crippen molar-refractivity contribution in [2.75, 3.05) is 40.0 Å². The minimum atomic E-state index is -3.62. The molecule has 0 aromatic heterocycles. The van der Waals surface area contributed by atoms with Crippen LogP contribution in [0.1, 0.15) is 342 Å². The van der Waals surface area contributed by atoms with Gasteiger partial charge in [-0.2, -0.15) is 0 Å². The highest BCUT2D eigenvalue weighted by Crippen LogP contribution is 2.66. The largest absolute Gasteiger partial charge is 0.481 e. The average Bonchev–Trinajstić information content (AvgIpc) is 1.55. The maximum Gasteiger partial charge on any atom is 0.311 e. The van der Waals surface area contributed by atoms with Gasteiger partial charge in [-0.3, -0.25) is 81.4 Å². The van der Waals surface area contributed by atoms with Gasteiger partial charge in [0.25, 0.3) is 0 Å². The summed E-state index contributed by atoms with van der Waals surface area (Å²) < 4.78 is 79.2. The van der Waals surface area contributed by atoms with E-state index >= 15 is 0 Å². The van der Waals surface area contributed by atoms with Crippen molar-refractivity contribution in [1.82, 2.24) is 4.72 Å². The number of thioether (sulfide) groups is 1. The molecule has 38 heteroatoms. The standard InChI is InChI=1S/C16H26O4.C14H26O5.C14H26O4.C14H26O3S.C12H22O5.C10H16.C8H14O4.C7H13NO5S.C6H10O4.C2H6O/c1-9(13(17)18)10(2)14(19)20-12-8-11-6-7-16(12,5)15(11,3)4;1-8-17-11(4)18-12(15)9(2)10(3)13(16)19-14(5,6)7;2*1-9(11(15)17-13(3,4)5)10(2)12(16)18-14(6,7)8;1-8(10(13)16-7-15-6)9(2)11(14)17-12(3,4)5;1-2-9-7-4-5-8(6-7)10(9)3-1;1-4-12-8(11)6(3)5(2)7(9)10;1-4(5(2)7(10)11)6(9)8-14(3,12)13;1-3(5(7)8)4(2)6(9)10;1-2-3/h9-12H,6-8H2,1-5H3,(H,17,18);9-11H,8H2,1-7H3;2*9-10H,1-8H3;8-9H,7H2,1-6H3;7-10H,1-6H2;5-6H,4H2,1-3H3,(H,9,10);4-5H,1-3H3,(H,8,9)(H,10,11);3-4H,1-2H3,(H,7,8)(H,9,10);3H,2H2,1H3. The molecule has 824 valence electrons. The van der Waals surface area contributed by atoms with Gasteiger partial charge in [-0.15, -0.1) is 0 Å². The fraction of sp³-hybridized carbons (Fsp3) is 0.845. The van der Waals surface area contributed by atoms with Crippen molar-refractivity contribution >= 4 is 116 Å². The maximum atomic E-state index is 12.2. The Morgan fingerprint density at radius 2 is 0.667 bits per heavy atom. The molecular formula is C103H185NO35S2. The molecule has 7 N–H and O–H groups in total. The normalized spacial score (nSPS) is 21.5. The molecule has 0 aliphatic heterocycles. The molecule has 0 heterocycles. The van der Waals surface area contributed by atoms with E-state index in [0.29, 0.717) is 12.5 Å². The number of carboxylic acid groups (broad SMARTS) is 5. The number of carbonyl (C=O) groups is 16. The molecule has 4 bridgehead atoms.